The molecule has 2 atom stereocenters. The lowest BCUT2D eigenvalue weighted by Gasteiger charge is -2.15. The first-order valence-electron chi connectivity index (χ1n) is 7.23. The molecule has 0 unspecified atom stereocenters. The van der Waals surface area contributed by atoms with Gasteiger partial charge in [-0.15, -0.1) is 11.8 Å². The lowest BCUT2D eigenvalue weighted by atomic mass is 10.0. The summed E-state index contributed by atoms with van der Waals surface area (Å²) in [6.07, 6.45) is 0.0111. The van der Waals surface area contributed by atoms with E-state index in [1.807, 2.05) is 30.3 Å². The number of hydrogen-bond donors (Lipinski definition) is 2. The van der Waals surface area contributed by atoms with Crippen LogP contribution in [0.1, 0.15) is 17.5 Å². The summed E-state index contributed by atoms with van der Waals surface area (Å²) in [5, 5.41) is 20.1. The van der Waals surface area contributed by atoms with Crippen LogP contribution in [-0.4, -0.2) is 28.2 Å². The van der Waals surface area contributed by atoms with Crippen LogP contribution in [0.2, 0.25) is 0 Å². The standard InChI is InChI=1S/C18H22O2S/c1-14-7-9-18(10-8-14)21-13-17(20)12-16(19)11-15-5-3-2-4-6-15/h2-10,16-17,19-20H,11-13H2,1H3/t16-,17-/m0/s1. The third kappa shape index (κ3) is 5.92. The average molecular weight is 302 g/mol. The number of rotatable bonds is 7. The molecule has 0 aliphatic heterocycles. The molecule has 21 heavy (non-hydrogen) atoms. The Morgan fingerprint density at radius 3 is 2.24 bits per heavy atom. The third-order valence-electron chi connectivity index (χ3n) is 3.32. The van der Waals surface area contributed by atoms with Crippen LogP contribution in [0, 0.1) is 6.92 Å². The Kier molecular flexibility index (Phi) is 6.30. The van der Waals surface area contributed by atoms with Gasteiger partial charge in [0.25, 0.3) is 0 Å². The zero-order chi connectivity index (χ0) is 15.1. The first-order valence-corrected chi connectivity index (χ1v) is 8.21. The maximum absolute atomic E-state index is 10.0. The van der Waals surface area contributed by atoms with Crippen molar-refractivity contribution in [3.63, 3.8) is 0 Å². The molecule has 0 radical (unpaired) electrons. The zero-order valence-electron chi connectivity index (χ0n) is 12.3. The number of aliphatic hydroxyl groups is 2. The average Bonchev–Trinajstić information content (AvgIpc) is 2.47. The Labute approximate surface area is 130 Å². The first kappa shape index (κ1) is 16.1. The highest BCUT2D eigenvalue weighted by molar-refractivity contribution is 7.99. The minimum atomic E-state index is -0.499. The summed E-state index contributed by atoms with van der Waals surface area (Å²) in [6.45, 7) is 2.06. The second-order valence-electron chi connectivity index (χ2n) is 5.36. The zero-order valence-corrected chi connectivity index (χ0v) is 13.1. The van der Waals surface area contributed by atoms with Gasteiger partial charge in [0.05, 0.1) is 12.2 Å². The third-order valence-corrected chi connectivity index (χ3v) is 4.48. The summed E-state index contributed by atoms with van der Waals surface area (Å²) in [5.41, 5.74) is 2.33. The summed E-state index contributed by atoms with van der Waals surface area (Å²) in [4.78, 5) is 1.15. The molecule has 3 heteroatoms. The monoisotopic (exact) mass is 302 g/mol. The molecule has 0 aromatic heterocycles. The van der Waals surface area contributed by atoms with Gasteiger partial charge in [-0.3, -0.25) is 0 Å². The lowest BCUT2D eigenvalue weighted by molar-refractivity contribution is 0.0932. The molecule has 0 amide bonds. The van der Waals surface area contributed by atoms with Crippen molar-refractivity contribution >= 4 is 11.8 Å². The van der Waals surface area contributed by atoms with Crippen molar-refractivity contribution in [2.75, 3.05) is 5.75 Å². The molecule has 0 bridgehead atoms. The molecular weight excluding hydrogens is 280 g/mol. The normalized spacial score (nSPS) is 13.9. The van der Waals surface area contributed by atoms with Gasteiger partial charge < -0.3 is 10.2 Å². The van der Waals surface area contributed by atoms with Crippen molar-refractivity contribution in [3.8, 4) is 0 Å². The van der Waals surface area contributed by atoms with Crippen LogP contribution in [0.4, 0.5) is 0 Å². The van der Waals surface area contributed by atoms with Gasteiger partial charge in [-0.05, 0) is 31.0 Å². The molecule has 0 heterocycles. The van der Waals surface area contributed by atoms with Gasteiger partial charge in [0.2, 0.25) is 0 Å². The fraction of sp³-hybridized carbons (Fsp3) is 0.333. The van der Waals surface area contributed by atoms with Gasteiger partial charge in [-0.2, -0.15) is 0 Å². The molecule has 0 spiro atoms. The maximum atomic E-state index is 10.0. The molecule has 0 aliphatic carbocycles. The first-order chi connectivity index (χ1) is 10.1. The van der Waals surface area contributed by atoms with Gasteiger partial charge in [0.15, 0.2) is 0 Å². The van der Waals surface area contributed by atoms with E-state index in [1.165, 1.54) is 5.56 Å². The van der Waals surface area contributed by atoms with Gasteiger partial charge in [0.1, 0.15) is 0 Å². The van der Waals surface area contributed by atoms with E-state index in [0.29, 0.717) is 18.6 Å². The molecule has 2 nitrogen and oxygen atoms in total. The Morgan fingerprint density at radius 1 is 0.905 bits per heavy atom. The van der Waals surface area contributed by atoms with Gasteiger partial charge >= 0.3 is 0 Å². The molecule has 0 saturated heterocycles. The Morgan fingerprint density at radius 2 is 1.57 bits per heavy atom. The van der Waals surface area contributed by atoms with Gasteiger partial charge in [0, 0.05) is 17.1 Å². The molecule has 2 aromatic rings. The quantitative estimate of drug-likeness (QED) is 0.770. The van der Waals surface area contributed by atoms with Gasteiger partial charge in [-0.25, -0.2) is 0 Å². The Hall–Kier alpha value is -1.29. The van der Waals surface area contributed by atoms with Crippen molar-refractivity contribution in [3.05, 3.63) is 65.7 Å². The number of hydrogen-bond acceptors (Lipinski definition) is 3. The maximum Gasteiger partial charge on any atom is 0.0658 e. The van der Waals surface area contributed by atoms with E-state index in [2.05, 4.69) is 31.2 Å². The second kappa shape index (κ2) is 8.23. The summed E-state index contributed by atoms with van der Waals surface area (Å²) in [6, 6.07) is 18.1. The van der Waals surface area contributed by atoms with Crippen molar-refractivity contribution in [1.29, 1.82) is 0 Å². The number of aryl methyl sites for hydroxylation is 1. The second-order valence-corrected chi connectivity index (χ2v) is 6.45. The van der Waals surface area contributed by atoms with Crippen LogP contribution in [0.5, 0.6) is 0 Å². The van der Waals surface area contributed by atoms with Crippen molar-refractivity contribution in [2.24, 2.45) is 0 Å². The van der Waals surface area contributed by atoms with E-state index < -0.39 is 12.2 Å². The van der Waals surface area contributed by atoms with Crippen LogP contribution in [0.15, 0.2) is 59.5 Å². The van der Waals surface area contributed by atoms with Crippen molar-refractivity contribution in [1.82, 2.24) is 0 Å². The summed E-state index contributed by atoms with van der Waals surface area (Å²) < 4.78 is 0. The highest BCUT2D eigenvalue weighted by Crippen LogP contribution is 2.20. The topological polar surface area (TPSA) is 40.5 Å². The number of thioether (sulfide) groups is 1. The predicted molar refractivity (Wildman–Crippen MR) is 88.7 cm³/mol. The minimum absolute atomic E-state index is 0.410. The number of aliphatic hydroxyl groups excluding tert-OH is 2. The van der Waals surface area contributed by atoms with E-state index in [-0.39, 0.29) is 0 Å². The SMILES string of the molecule is Cc1ccc(SC[C@@H](O)C[C@@H](O)Cc2ccccc2)cc1. The van der Waals surface area contributed by atoms with E-state index in [1.54, 1.807) is 11.8 Å². The van der Waals surface area contributed by atoms with Crippen LogP contribution in [0.3, 0.4) is 0 Å². The summed E-state index contributed by atoms with van der Waals surface area (Å²) in [7, 11) is 0. The Bertz CT molecular complexity index is 525. The Balaban J connectivity index is 1.73. The highest BCUT2D eigenvalue weighted by atomic mass is 32.2. The molecule has 0 fully saturated rings. The fourth-order valence-corrected chi connectivity index (χ4v) is 3.03. The van der Waals surface area contributed by atoms with E-state index in [4.69, 9.17) is 0 Å². The molecule has 0 saturated carbocycles. The highest BCUT2D eigenvalue weighted by Gasteiger charge is 2.13. The van der Waals surface area contributed by atoms with Crippen molar-refractivity contribution < 1.29 is 10.2 Å². The summed E-state index contributed by atoms with van der Waals surface area (Å²) in [5.74, 6) is 0.606. The molecule has 2 N–H and O–H groups in total. The van der Waals surface area contributed by atoms with E-state index >= 15 is 0 Å². The van der Waals surface area contributed by atoms with Crippen LogP contribution in [-0.2, 0) is 6.42 Å². The van der Waals surface area contributed by atoms with E-state index in [9.17, 15) is 10.2 Å². The van der Waals surface area contributed by atoms with Crippen LogP contribution < -0.4 is 0 Å². The van der Waals surface area contributed by atoms with Crippen molar-refractivity contribution in [2.45, 2.75) is 36.9 Å². The largest absolute Gasteiger partial charge is 0.393 e. The molecule has 112 valence electrons. The predicted octanol–water partition coefficient (Wildman–Crippen LogP) is 3.44. The van der Waals surface area contributed by atoms with Crippen LogP contribution in [0.25, 0.3) is 0 Å². The fourth-order valence-electron chi connectivity index (χ4n) is 2.18. The van der Waals surface area contributed by atoms with Gasteiger partial charge in [-0.1, -0.05) is 48.0 Å². The smallest absolute Gasteiger partial charge is 0.0658 e. The lowest BCUT2D eigenvalue weighted by Crippen LogP contribution is -2.21. The molecule has 2 aromatic carbocycles. The van der Waals surface area contributed by atoms with E-state index in [0.717, 1.165) is 10.5 Å². The molecular formula is C18H22O2S. The summed E-state index contributed by atoms with van der Waals surface area (Å²) >= 11 is 1.62. The number of benzene rings is 2. The van der Waals surface area contributed by atoms with Crippen LogP contribution >= 0.6 is 11.8 Å². The molecule has 2 rings (SSSR count). The molecule has 0 aliphatic rings. The minimum Gasteiger partial charge on any atom is -0.393 e.